The number of fused-ring (bicyclic) bond motifs is 1. The van der Waals surface area contributed by atoms with Crippen LogP contribution in [0.3, 0.4) is 0 Å². The second-order valence-electron chi connectivity index (χ2n) is 8.88. The number of anilines is 3. The Balaban J connectivity index is 1.20. The number of nitrogens with zero attached hydrogens (tertiary/aromatic N) is 7. The number of aromatic amines is 1. The maximum absolute atomic E-state index is 8.94. The summed E-state index contributed by atoms with van der Waals surface area (Å²) in [7, 11) is 0. The van der Waals surface area contributed by atoms with E-state index in [0.29, 0.717) is 35.9 Å². The number of aryl methyl sites for hydroxylation is 1. The molecule has 0 amide bonds. The highest BCUT2D eigenvalue weighted by atomic mass is 15.4. The number of rotatable bonds is 6. The van der Waals surface area contributed by atoms with Gasteiger partial charge < -0.3 is 10.6 Å². The van der Waals surface area contributed by atoms with Crippen LogP contribution in [0, 0.1) is 18.3 Å². The van der Waals surface area contributed by atoms with Gasteiger partial charge >= 0.3 is 0 Å². The van der Waals surface area contributed by atoms with Crippen LogP contribution in [-0.2, 0) is 0 Å². The minimum atomic E-state index is 0.333. The van der Waals surface area contributed by atoms with E-state index in [9.17, 15) is 0 Å². The van der Waals surface area contributed by atoms with Crippen molar-refractivity contribution >= 4 is 23.1 Å². The first kappa shape index (κ1) is 17.7. The lowest BCUT2D eigenvalue weighted by Gasteiger charge is -2.74. The summed E-state index contributed by atoms with van der Waals surface area (Å²) in [5.41, 5.74) is 2.04. The van der Waals surface area contributed by atoms with Crippen molar-refractivity contribution in [1.82, 2.24) is 34.7 Å². The molecule has 10 nitrogen and oxygen atoms in total. The molecular formula is C20H24N10. The van der Waals surface area contributed by atoms with Gasteiger partial charge in [-0.05, 0) is 39.0 Å². The fourth-order valence-electron chi connectivity index (χ4n) is 5.90. The van der Waals surface area contributed by atoms with Crippen LogP contribution in [0.4, 0.5) is 17.5 Å². The molecule has 3 fully saturated rings. The van der Waals surface area contributed by atoms with Gasteiger partial charge in [-0.25, -0.2) is 14.5 Å². The van der Waals surface area contributed by atoms with Crippen molar-refractivity contribution in [2.45, 2.75) is 69.1 Å². The normalized spacial score (nSPS) is 29.5. The number of piperidine rings is 2. The molecule has 0 aromatic carbocycles. The third kappa shape index (κ3) is 2.65. The monoisotopic (exact) mass is 404 g/mol. The summed E-state index contributed by atoms with van der Waals surface area (Å²) in [5.74, 6) is 2.14. The third-order valence-electron chi connectivity index (χ3n) is 6.95. The SMILES string of the molecule is Cc1cc(Nc2cn3ncnc3c(NC3C[C@H]4CC5(CCC#N)C[C@H](C3)N45)n2)n[nH]1. The lowest BCUT2D eigenvalue weighted by Crippen LogP contribution is -2.81. The van der Waals surface area contributed by atoms with Gasteiger partial charge in [-0.1, -0.05) is 0 Å². The zero-order valence-corrected chi connectivity index (χ0v) is 16.8. The van der Waals surface area contributed by atoms with Gasteiger partial charge in [-0.2, -0.15) is 15.5 Å². The summed E-state index contributed by atoms with van der Waals surface area (Å²) in [6, 6.07) is 5.85. The molecule has 3 saturated heterocycles. The molecule has 3 N–H and O–H groups in total. The quantitative estimate of drug-likeness (QED) is 0.572. The largest absolute Gasteiger partial charge is 0.364 e. The van der Waals surface area contributed by atoms with E-state index < -0.39 is 0 Å². The first-order valence-electron chi connectivity index (χ1n) is 10.5. The molecule has 3 aliphatic heterocycles. The van der Waals surface area contributed by atoms with Crippen LogP contribution < -0.4 is 10.6 Å². The molecule has 154 valence electrons. The molecule has 0 saturated carbocycles. The highest BCUT2D eigenvalue weighted by Gasteiger charge is 2.64. The summed E-state index contributed by atoms with van der Waals surface area (Å²) in [6.07, 6.45) is 9.70. The Morgan fingerprint density at radius 2 is 2.13 bits per heavy atom. The molecule has 2 atom stereocenters. The number of nitrogens with one attached hydrogen (secondary N) is 3. The molecule has 10 heteroatoms. The predicted molar refractivity (Wildman–Crippen MR) is 110 cm³/mol. The Hall–Kier alpha value is -3.19. The standard InChI is InChI=1S/C20H24N10/c1-12-5-16(28-27-12)25-17-10-29-19(22-11-23-29)18(26-17)24-13-6-14-8-20(3-2-4-21)9-15(7-13)30(14)20/h5,10-11,13-15H,2-3,6-9H2,1H3,(H,24,26)(H2,25,27,28)/t13?,14-,15-,20?/m0/s1. The lowest BCUT2D eigenvalue weighted by molar-refractivity contribution is -0.222. The van der Waals surface area contributed by atoms with E-state index in [2.05, 4.69) is 41.9 Å². The fourth-order valence-corrected chi connectivity index (χ4v) is 5.90. The highest BCUT2D eigenvalue weighted by Crippen LogP contribution is 2.58. The Morgan fingerprint density at radius 1 is 1.30 bits per heavy atom. The molecule has 0 radical (unpaired) electrons. The van der Waals surface area contributed by atoms with Crippen LogP contribution in [0.15, 0.2) is 18.6 Å². The van der Waals surface area contributed by atoms with Gasteiger partial charge in [0.25, 0.3) is 0 Å². The van der Waals surface area contributed by atoms with Crippen molar-refractivity contribution in [2.75, 3.05) is 10.6 Å². The van der Waals surface area contributed by atoms with Gasteiger partial charge in [0.15, 0.2) is 23.1 Å². The molecule has 6 rings (SSSR count). The van der Waals surface area contributed by atoms with Crippen LogP contribution in [-0.4, -0.2) is 58.3 Å². The van der Waals surface area contributed by atoms with Gasteiger partial charge in [-0.3, -0.25) is 10.00 Å². The minimum absolute atomic E-state index is 0.333. The van der Waals surface area contributed by atoms with Crippen molar-refractivity contribution in [3.8, 4) is 6.07 Å². The fraction of sp³-hybridized carbons (Fsp3) is 0.550. The van der Waals surface area contributed by atoms with Crippen molar-refractivity contribution in [1.29, 1.82) is 5.26 Å². The molecule has 30 heavy (non-hydrogen) atoms. The zero-order chi connectivity index (χ0) is 20.3. The van der Waals surface area contributed by atoms with Crippen molar-refractivity contribution in [2.24, 2.45) is 0 Å². The predicted octanol–water partition coefficient (Wildman–Crippen LogP) is 2.36. The molecule has 3 aliphatic rings. The van der Waals surface area contributed by atoms with Crippen LogP contribution >= 0.6 is 0 Å². The second-order valence-corrected chi connectivity index (χ2v) is 8.88. The molecule has 3 aromatic heterocycles. The number of hydrogen-bond donors (Lipinski definition) is 3. The van der Waals surface area contributed by atoms with E-state index in [1.54, 1.807) is 10.8 Å². The molecule has 0 unspecified atom stereocenters. The van der Waals surface area contributed by atoms with Gasteiger partial charge in [-0.15, -0.1) is 0 Å². The van der Waals surface area contributed by atoms with Crippen molar-refractivity contribution < 1.29 is 0 Å². The maximum atomic E-state index is 8.94. The van der Waals surface area contributed by atoms with Gasteiger partial charge in [0, 0.05) is 41.8 Å². The van der Waals surface area contributed by atoms with Crippen molar-refractivity contribution in [3.05, 3.63) is 24.3 Å². The number of aromatic nitrogens is 6. The van der Waals surface area contributed by atoms with Gasteiger partial charge in [0.05, 0.1) is 12.3 Å². The molecule has 0 bridgehead atoms. The topological polar surface area (TPSA) is 123 Å². The van der Waals surface area contributed by atoms with E-state index in [-0.39, 0.29) is 0 Å². The van der Waals surface area contributed by atoms with Crippen molar-refractivity contribution in [3.63, 3.8) is 0 Å². The summed E-state index contributed by atoms with van der Waals surface area (Å²) >= 11 is 0. The van der Waals surface area contributed by atoms with E-state index >= 15 is 0 Å². The van der Waals surface area contributed by atoms with Gasteiger partial charge in [0.1, 0.15) is 6.33 Å². The third-order valence-corrected chi connectivity index (χ3v) is 6.95. The van der Waals surface area contributed by atoms with E-state index in [1.165, 1.54) is 12.8 Å². The highest BCUT2D eigenvalue weighted by molar-refractivity contribution is 5.66. The maximum Gasteiger partial charge on any atom is 0.198 e. The molecule has 3 aromatic rings. The molecular weight excluding hydrogens is 380 g/mol. The van der Waals surface area contributed by atoms with E-state index in [1.807, 2.05) is 19.2 Å². The molecule has 0 aliphatic carbocycles. The smallest absolute Gasteiger partial charge is 0.198 e. The van der Waals surface area contributed by atoms with Crippen LogP contribution in [0.25, 0.3) is 5.65 Å². The summed E-state index contributed by atoms with van der Waals surface area (Å²) in [4.78, 5) is 11.9. The van der Waals surface area contributed by atoms with Gasteiger partial charge in [0.2, 0.25) is 0 Å². The molecule has 6 heterocycles. The zero-order valence-electron chi connectivity index (χ0n) is 16.8. The average Bonchev–Trinajstić information content (AvgIpc) is 3.32. The Morgan fingerprint density at radius 3 is 2.87 bits per heavy atom. The van der Waals surface area contributed by atoms with Crippen LogP contribution in [0.1, 0.15) is 44.2 Å². The van der Waals surface area contributed by atoms with Crippen LogP contribution in [0.2, 0.25) is 0 Å². The number of nitriles is 1. The first-order valence-corrected chi connectivity index (χ1v) is 10.5. The number of H-pyrrole nitrogens is 1. The first-order chi connectivity index (χ1) is 14.6. The molecule has 0 spiro atoms. The Kier molecular flexibility index (Phi) is 3.77. The second kappa shape index (κ2) is 6.40. The van der Waals surface area contributed by atoms with E-state index in [0.717, 1.165) is 42.2 Å². The average molecular weight is 404 g/mol. The Labute approximate surface area is 173 Å². The lowest BCUT2D eigenvalue weighted by atomic mass is 9.57. The Bertz CT molecular complexity index is 1120. The van der Waals surface area contributed by atoms with E-state index in [4.69, 9.17) is 10.2 Å². The van der Waals surface area contributed by atoms with Crippen LogP contribution in [0.5, 0.6) is 0 Å². The minimum Gasteiger partial charge on any atom is -0.364 e. The summed E-state index contributed by atoms with van der Waals surface area (Å²) in [5, 5.41) is 27.3. The number of hydrogen-bond acceptors (Lipinski definition) is 8. The summed E-state index contributed by atoms with van der Waals surface area (Å²) < 4.78 is 1.74. The summed E-state index contributed by atoms with van der Waals surface area (Å²) in [6.45, 7) is 1.96.